The van der Waals surface area contributed by atoms with E-state index in [4.69, 9.17) is 9.72 Å². The van der Waals surface area contributed by atoms with Crippen molar-refractivity contribution in [3.63, 3.8) is 0 Å². The van der Waals surface area contributed by atoms with E-state index in [1.54, 1.807) is 11.6 Å². The predicted octanol–water partition coefficient (Wildman–Crippen LogP) is 5.33. The van der Waals surface area contributed by atoms with E-state index in [9.17, 15) is 9.59 Å². The van der Waals surface area contributed by atoms with E-state index in [1.807, 2.05) is 26.2 Å². The minimum Gasteiger partial charge on any atom is -0.462 e. The van der Waals surface area contributed by atoms with Crippen LogP contribution in [0.4, 0.5) is 0 Å². The summed E-state index contributed by atoms with van der Waals surface area (Å²) in [5.41, 5.74) is 4.78. The van der Waals surface area contributed by atoms with Crippen molar-refractivity contribution in [3.8, 4) is 11.4 Å². The lowest BCUT2D eigenvalue weighted by Gasteiger charge is -2.20. The maximum atomic E-state index is 12.9. The average molecular weight is 464 g/mol. The molecule has 2 aromatic heterocycles. The number of ether oxygens (including phenoxy) is 1. The van der Waals surface area contributed by atoms with Gasteiger partial charge in [-0.15, -0.1) is 0 Å². The van der Waals surface area contributed by atoms with Gasteiger partial charge in [0.05, 0.1) is 17.0 Å². The molecule has 2 heterocycles. The Morgan fingerprint density at radius 2 is 1.91 bits per heavy atom. The van der Waals surface area contributed by atoms with Crippen molar-refractivity contribution in [1.82, 2.24) is 14.1 Å². The normalized spacial score (nSPS) is 15.4. The van der Waals surface area contributed by atoms with Crippen molar-refractivity contribution in [2.24, 2.45) is 25.9 Å². The molecule has 0 amide bonds. The summed E-state index contributed by atoms with van der Waals surface area (Å²) < 4.78 is 9.52. The summed E-state index contributed by atoms with van der Waals surface area (Å²) in [5.74, 6) is 1.20. The van der Waals surface area contributed by atoms with Gasteiger partial charge in [0.25, 0.3) is 5.56 Å². The smallest absolute Gasteiger partial charge is 0.309 e. The van der Waals surface area contributed by atoms with Crippen LogP contribution in [0.25, 0.3) is 22.4 Å². The highest BCUT2D eigenvalue weighted by atomic mass is 16.5. The van der Waals surface area contributed by atoms with E-state index in [0.29, 0.717) is 11.5 Å². The highest BCUT2D eigenvalue weighted by molar-refractivity contribution is 5.81. The van der Waals surface area contributed by atoms with E-state index in [0.717, 1.165) is 67.4 Å². The third-order valence-corrected chi connectivity index (χ3v) is 7.02. The van der Waals surface area contributed by atoms with E-state index in [1.165, 1.54) is 5.56 Å². The minimum absolute atomic E-state index is 0.00668. The van der Waals surface area contributed by atoms with Crippen LogP contribution in [0.1, 0.15) is 63.5 Å². The summed E-state index contributed by atoms with van der Waals surface area (Å²) in [6.07, 6.45) is 8.76. The number of esters is 1. The Bertz CT molecular complexity index is 1210. The zero-order chi connectivity index (χ0) is 24.4. The molecule has 1 aliphatic carbocycles. The van der Waals surface area contributed by atoms with Crippen LogP contribution in [0.5, 0.6) is 0 Å². The molecular weight excluding hydrogens is 426 g/mol. The van der Waals surface area contributed by atoms with E-state index in [2.05, 4.69) is 36.6 Å². The third kappa shape index (κ3) is 5.26. The average Bonchev–Trinajstić information content (AvgIpc) is 3.42. The first kappa shape index (κ1) is 24.2. The fraction of sp³-hybridized carbons (Fsp3) is 0.536. The molecule has 34 heavy (non-hydrogen) atoms. The number of pyridine rings is 1. The lowest BCUT2D eigenvalue weighted by molar-refractivity contribution is -0.154. The molecule has 0 spiro atoms. The van der Waals surface area contributed by atoms with Crippen LogP contribution < -0.4 is 5.56 Å². The molecule has 1 fully saturated rings. The van der Waals surface area contributed by atoms with Gasteiger partial charge in [-0.25, -0.2) is 4.98 Å². The molecule has 6 nitrogen and oxygen atoms in total. The van der Waals surface area contributed by atoms with Gasteiger partial charge in [0.1, 0.15) is 11.9 Å². The molecule has 1 aromatic carbocycles. The van der Waals surface area contributed by atoms with Crippen molar-refractivity contribution in [2.75, 3.05) is 0 Å². The Morgan fingerprint density at radius 1 is 1.18 bits per heavy atom. The zero-order valence-corrected chi connectivity index (χ0v) is 21.1. The van der Waals surface area contributed by atoms with Gasteiger partial charge in [0.2, 0.25) is 0 Å². The molecule has 182 valence electrons. The van der Waals surface area contributed by atoms with Crippen LogP contribution in [-0.4, -0.2) is 26.2 Å². The third-order valence-electron chi connectivity index (χ3n) is 7.02. The monoisotopic (exact) mass is 463 g/mol. The van der Waals surface area contributed by atoms with Crippen molar-refractivity contribution in [3.05, 3.63) is 51.9 Å². The number of rotatable bonds is 8. The molecular formula is C28H37N3O3. The van der Waals surface area contributed by atoms with Crippen LogP contribution in [0.2, 0.25) is 0 Å². The number of hydrogen-bond acceptors (Lipinski definition) is 4. The lowest BCUT2D eigenvalue weighted by Crippen LogP contribution is -2.24. The number of benzene rings is 1. The minimum atomic E-state index is -0.0656. The lowest BCUT2D eigenvalue weighted by atomic mass is 9.91. The summed E-state index contributed by atoms with van der Waals surface area (Å²) in [6.45, 7) is 6.16. The second-order valence-electron chi connectivity index (χ2n) is 10.4. The first-order chi connectivity index (χ1) is 16.2. The second kappa shape index (κ2) is 10.2. The SMILES string of the molecule is Cc1cc(-c2nc3cc(CC[C@@H](CC(C)C)C(=O)OC4CCCC4)ccc3n2C)cn(C)c1=O. The first-order valence-corrected chi connectivity index (χ1v) is 12.6. The topological polar surface area (TPSA) is 66.1 Å². The Kier molecular flexibility index (Phi) is 7.24. The fourth-order valence-corrected chi connectivity index (χ4v) is 5.17. The highest BCUT2D eigenvalue weighted by Gasteiger charge is 2.26. The van der Waals surface area contributed by atoms with Crippen molar-refractivity contribution >= 4 is 17.0 Å². The summed E-state index contributed by atoms with van der Waals surface area (Å²) in [6, 6.07) is 8.26. The van der Waals surface area contributed by atoms with Gasteiger partial charge in [-0.3, -0.25) is 9.59 Å². The number of aromatic nitrogens is 3. The number of imidazole rings is 1. The number of aryl methyl sites for hydroxylation is 4. The van der Waals surface area contributed by atoms with Crippen LogP contribution in [0.15, 0.2) is 35.3 Å². The molecule has 1 aliphatic rings. The zero-order valence-electron chi connectivity index (χ0n) is 21.1. The first-order valence-electron chi connectivity index (χ1n) is 12.6. The number of hydrogen-bond donors (Lipinski definition) is 0. The second-order valence-corrected chi connectivity index (χ2v) is 10.4. The number of carbonyl (C=O) groups excluding carboxylic acids is 1. The fourth-order valence-electron chi connectivity index (χ4n) is 5.17. The van der Waals surface area contributed by atoms with Gasteiger partial charge in [-0.2, -0.15) is 0 Å². The molecule has 1 saturated carbocycles. The number of fused-ring (bicyclic) bond motifs is 1. The van der Waals surface area contributed by atoms with Crippen molar-refractivity contribution in [1.29, 1.82) is 0 Å². The molecule has 0 unspecified atom stereocenters. The van der Waals surface area contributed by atoms with Gasteiger partial charge < -0.3 is 13.9 Å². The van der Waals surface area contributed by atoms with Crippen molar-refractivity contribution in [2.45, 2.75) is 71.8 Å². The Hall–Kier alpha value is -2.89. The molecule has 0 aliphatic heterocycles. The predicted molar refractivity (Wildman–Crippen MR) is 136 cm³/mol. The number of nitrogens with zero attached hydrogens (tertiary/aromatic N) is 3. The van der Waals surface area contributed by atoms with Gasteiger partial charge in [-0.1, -0.05) is 19.9 Å². The quantitative estimate of drug-likeness (QED) is 0.424. The molecule has 0 radical (unpaired) electrons. The van der Waals surface area contributed by atoms with Crippen LogP contribution in [0.3, 0.4) is 0 Å². The van der Waals surface area contributed by atoms with Gasteiger partial charge >= 0.3 is 5.97 Å². The summed E-state index contributed by atoms with van der Waals surface area (Å²) >= 11 is 0. The molecule has 0 bridgehead atoms. The standard InChI is InChI=1S/C28H37N3O3/c1-18(2)14-21(28(33)34-23-8-6-7-9-23)12-10-20-11-13-25-24(16-20)29-26(31(25)5)22-15-19(3)27(32)30(4)17-22/h11,13,15-18,21,23H,6-10,12,14H2,1-5H3/t21-/m0/s1. The summed E-state index contributed by atoms with van der Waals surface area (Å²) in [5, 5.41) is 0. The maximum absolute atomic E-state index is 12.9. The molecule has 4 rings (SSSR count). The van der Waals surface area contributed by atoms with Crippen LogP contribution in [0, 0.1) is 18.8 Å². The largest absolute Gasteiger partial charge is 0.462 e. The van der Waals surface area contributed by atoms with E-state index in [-0.39, 0.29) is 23.6 Å². The summed E-state index contributed by atoms with van der Waals surface area (Å²) in [4.78, 5) is 29.9. The Labute approximate surface area is 202 Å². The molecule has 6 heteroatoms. The van der Waals surface area contributed by atoms with E-state index < -0.39 is 0 Å². The highest BCUT2D eigenvalue weighted by Crippen LogP contribution is 2.28. The van der Waals surface area contributed by atoms with Gasteiger partial charge in [-0.05, 0) is 81.5 Å². The Morgan fingerprint density at radius 3 is 2.59 bits per heavy atom. The molecule has 0 saturated heterocycles. The molecule has 3 aromatic rings. The summed E-state index contributed by atoms with van der Waals surface area (Å²) in [7, 11) is 3.77. The Balaban J connectivity index is 1.52. The maximum Gasteiger partial charge on any atom is 0.309 e. The van der Waals surface area contributed by atoms with Crippen LogP contribution >= 0.6 is 0 Å². The van der Waals surface area contributed by atoms with E-state index >= 15 is 0 Å². The number of carbonyl (C=O) groups is 1. The van der Waals surface area contributed by atoms with Gasteiger partial charge in [0, 0.05) is 31.4 Å². The van der Waals surface area contributed by atoms with Crippen LogP contribution in [-0.2, 0) is 30.0 Å². The van der Waals surface area contributed by atoms with Gasteiger partial charge in [0.15, 0.2) is 0 Å². The molecule has 0 N–H and O–H groups in total. The molecule has 1 atom stereocenters. The van der Waals surface area contributed by atoms with Crippen molar-refractivity contribution < 1.29 is 9.53 Å².